The SMILES string of the molecule is COc1ccc(CC(=O)NCCOc2cccc(C(C)C)c2)cc1. The van der Waals surface area contributed by atoms with E-state index in [0.717, 1.165) is 17.1 Å². The molecule has 128 valence electrons. The summed E-state index contributed by atoms with van der Waals surface area (Å²) in [7, 11) is 1.62. The highest BCUT2D eigenvalue weighted by Gasteiger charge is 2.04. The summed E-state index contributed by atoms with van der Waals surface area (Å²) in [6.45, 7) is 5.24. The smallest absolute Gasteiger partial charge is 0.224 e. The highest BCUT2D eigenvalue weighted by Crippen LogP contribution is 2.19. The van der Waals surface area contributed by atoms with Gasteiger partial charge in [-0.3, -0.25) is 4.79 Å². The van der Waals surface area contributed by atoms with Gasteiger partial charge in [-0.25, -0.2) is 0 Å². The Hall–Kier alpha value is -2.49. The van der Waals surface area contributed by atoms with Crippen molar-refractivity contribution in [2.45, 2.75) is 26.2 Å². The number of methoxy groups -OCH3 is 1. The van der Waals surface area contributed by atoms with Gasteiger partial charge < -0.3 is 14.8 Å². The molecule has 0 saturated carbocycles. The van der Waals surface area contributed by atoms with Crippen LogP contribution in [0.1, 0.15) is 30.9 Å². The Morgan fingerprint density at radius 1 is 1.08 bits per heavy atom. The Kier molecular flexibility index (Phi) is 6.67. The molecule has 0 saturated heterocycles. The molecule has 0 heterocycles. The van der Waals surface area contributed by atoms with Gasteiger partial charge in [-0.05, 0) is 41.3 Å². The lowest BCUT2D eigenvalue weighted by molar-refractivity contribution is -0.120. The van der Waals surface area contributed by atoms with E-state index in [0.29, 0.717) is 25.5 Å². The first-order chi connectivity index (χ1) is 11.6. The van der Waals surface area contributed by atoms with E-state index in [1.54, 1.807) is 7.11 Å². The van der Waals surface area contributed by atoms with Crippen molar-refractivity contribution in [1.29, 1.82) is 0 Å². The van der Waals surface area contributed by atoms with Crippen LogP contribution in [0.15, 0.2) is 48.5 Å². The Morgan fingerprint density at radius 3 is 2.50 bits per heavy atom. The monoisotopic (exact) mass is 327 g/mol. The van der Waals surface area contributed by atoms with Gasteiger partial charge in [0, 0.05) is 0 Å². The fourth-order valence-corrected chi connectivity index (χ4v) is 2.31. The van der Waals surface area contributed by atoms with Crippen molar-refractivity contribution < 1.29 is 14.3 Å². The predicted molar refractivity (Wildman–Crippen MR) is 95.7 cm³/mol. The lowest BCUT2D eigenvalue weighted by atomic mass is 10.0. The van der Waals surface area contributed by atoms with Crippen molar-refractivity contribution in [2.75, 3.05) is 20.3 Å². The second-order valence-corrected chi connectivity index (χ2v) is 5.95. The molecule has 0 aliphatic heterocycles. The quantitative estimate of drug-likeness (QED) is 0.754. The molecule has 4 nitrogen and oxygen atoms in total. The standard InChI is InChI=1S/C20H25NO3/c1-15(2)17-5-4-6-19(14-17)24-12-11-21-20(22)13-16-7-9-18(23-3)10-8-16/h4-10,14-15H,11-13H2,1-3H3,(H,21,22). The first-order valence-corrected chi connectivity index (χ1v) is 8.21. The third kappa shape index (κ3) is 5.61. The van der Waals surface area contributed by atoms with Crippen LogP contribution in [0.5, 0.6) is 11.5 Å². The molecule has 0 unspecified atom stereocenters. The average molecular weight is 327 g/mol. The second-order valence-electron chi connectivity index (χ2n) is 5.95. The molecular weight excluding hydrogens is 302 g/mol. The van der Waals surface area contributed by atoms with Crippen LogP contribution in [0.25, 0.3) is 0 Å². The van der Waals surface area contributed by atoms with Crippen LogP contribution in [0.3, 0.4) is 0 Å². The van der Waals surface area contributed by atoms with Crippen LogP contribution in [0.2, 0.25) is 0 Å². The maximum Gasteiger partial charge on any atom is 0.224 e. The maximum atomic E-state index is 11.9. The van der Waals surface area contributed by atoms with Gasteiger partial charge in [0.1, 0.15) is 18.1 Å². The molecule has 2 rings (SSSR count). The Morgan fingerprint density at radius 2 is 1.83 bits per heavy atom. The van der Waals surface area contributed by atoms with Crippen LogP contribution in [0.4, 0.5) is 0 Å². The summed E-state index contributed by atoms with van der Waals surface area (Å²) in [6.07, 6.45) is 0.354. The van der Waals surface area contributed by atoms with Crippen molar-refractivity contribution >= 4 is 5.91 Å². The van der Waals surface area contributed by atoms with E-state index in [2.05, 4.69) is 25.2 Å². The van der Waals surface area contributed by atoms with Gasteiger partial charge >= 0.3 is 0 Å². The number of hydrogen-bond acceptors (Lipinski definition) is 3. The number of benzene rings is 2. The summed E-state index contributed by atoms with van der Waals surface area (Å²) in [5.41, 5.74) is 2.20. The second kappa shape index (κ2) is 8.96. The largest absolute Gasteiger partial charge is 0.497 e. The van der Waals surface area contributed by atoms with E-state index in [1.807, 2.05) is 42.5 Å². The third-order valence-corrected chi connectivity index (χ3v) is 3.74. The molecule has 24 heavy (non-hydrogen) atoms. The molecule has 0 atom stereocenters. The van der Waals surface area contributed by atoms with E-state index in [9.17, 15) is 4.79 Å². The van der Waals surface area contributed by atoms with Crippen LogP contribution in [0, 0.1) is 0 Å². The zero-order valence-corrected chi connectivity index (χ0v) is 14.5. The summed E-state index contributed by atoms with van der Waals surface area (Å²) in [4.78, 5) is 11.9. The third-order valence-electron chi connectivity index (χ3n) is 3.74. The molecule has 0 aromatic heterocycles. The van der Waals surface area contributed by atoms with Crippen LogP contribution in [-0.4, -0.2) is 26.2 Å². The van der Waals surface area contributed by atoms with Gasteiger partial charge in [-0.2, -0.15) is 0 Å². The number of nitrogens with one attached hydrogen (secondary N) is 1. The minimum atomic E-state index is -0.0142. The molecule has 0 spiro atoms. The lowest BCUT2D eigenvalue weighted by Crippen LogP contribution is -2.29. The summed E-state index contributed by atoms with van der Waals surface area (Å²) < 4.78 is 10.8. The molecular formula is C20H25NO3. The summed E-state index contributed by atoms with van der Waals surface area (Å²) in [5.74, 6) is 2.08. The molecule has 0 aliphatic carbocycles. The van der Waals surface area contributed by atoms with Crippen molar-refractivity contribution in [1.82, 2.24) is 5.32 Å². The van der Waals surface area contributed by atoms with Gasteiger partial charge in [0.15, 0.2) is 0 Å². The lowest BCUT2D eigenvalue weighted by Gasteiger charge is -2.10. The van der Waals surface area contributed by atoms with Crippen molar-refractivity contribution in [2.24, 2.45) is 0 Å². The maximum absolute atomic E-state index is 11.9. The molecule has 1 amide bonds. The van der Waals surface area contributed by atoms with Crippen LogP contribution >= 0.6 is 0 Å². The molecule has 1 N–H and O–H groups in total. The predicted octanol–water partition coefficient (Wildman–Crippen LogP) is 3.56. The van der Waals surface area contributed by atoms with Crippen molar-refractivity contribution in [3.05, 3.63) is 59.7 Å². The zero-order valence-electron chi connectivity index (χ0n) is 14.5. The molecule has 0 radical (unpaired) electrons. The number of carbonyl (C=O) groups excluding carboxylic acids is 1. The van der Waals surface area contributed by atoms with Gasteiger partial charge in [0.25, 0.3) is 0 Å². The van der Waals surface area contributed by atoms with E-state index in [1.165, 1.54) is 5.56 Å². The molecule has 2 aromatic carbocycles. The number of ether oxygens (including phenoxy) is 2. The summed E-state index contributed by atoms with van der Waals surface area (Å²) in [5, 5.41) is 2.87. The first kappa shape index (κ1) is 17.9. The van der Waals surface area contributed by atoms with Gasteiger partial charge in [0.2, 0.25) is 5.91 Å². The van der Waals surface area contributed by atoms with Gasteiger partial charge in [-0.1, -0.05) is 38.1 Å². The summed E-state index contributed by atoms with van der Waals surface area (Å²) >= 11 is 0. The minimum absolute atomic E-state index is 0.0142. The number of carbonyl (C=O) groups is 1. The van der Waals surface area contributed by atoms with Crippen molar-refractivity contribution in [3.8, 4) is 11.5 Å². The normalized spacial score (nSPS) is 10.5. The summed E-state index contributed by atoms with van der Waals surface area (Å²) in [6, 6.07) is 15.6. The Bertz CT molecular complexity index is 650. The average Bonchev–Trinajstić information content (AvgIpc) is 2.59. The van der Waals surface area contributed by atoms with Gasteiger partial charge in [0.05, 0.1) is 20.1 Å². The van der Waals surface area contributed by atoms with E-state index in [4.69, 9.17) is 9.47 Å². The Labute approximate surface area is 143 Å². The molecule has 2 aromatic rings. The van der Waals surface area contributed by atoms with E-state index < -0.39 is 0 Å². The first-order valence-electron chi connectivity index (χ1n) is 8.21. The highest BCUT2D eigenvalue weighted by molar-refractivity contribution is 5.78. The number of hydrogen-bond donors (Lipinski definition) is 1. The molecule has 0 aliphatic rings. The molecule has 0 fully saturated rings. The number of rotatable bonds is 8. The minimum Gasteiger partial charge on any atom is -0.497 e. The van der Waals surface area contributed by atoms with Gasteiger partial charge in [-0.15, -0.1) is 0 Å². The van der Waals surface area contributed by atoms with Crippen molar-refractivity contribution in [3.63, 3.8) is 0 Å². The van der Waals surface area contributed by atoms with Crippen LogP contribution in [-0.2, 0) is 11.2 Å². The van der Waals surface area contributed by atoms with E-state index >= 15 is 0 Å². The van der Waals surface area contributed by atoms with Crippen LogP contribution < -0.4 is 14.8 Å². The van der Waals surface area contributed by atoms with E-state index in [-0.39, 0.29) is 5.91 Å². The molecule has 4 heteroatoms. The molecule has 0 bridgehead atoms. The number of amides is 1. The fourth-order valence-electron chi connectivity index (χ4n) is 2.31. The topological polar surface area (TPSA) is 47.6 Å². The Balaban J connectivity index is 1.71. The zero-order chi connectivity index (χ0) is 17.4. The fraction of sp³-hybridized carbons (Fsp3) is 0.350. The highest BCUT2D eigenvalue weighted by atomic mass is 16.5.